The van der Waals surface area contributed by atoms with Crippen LogP contribution in [0.5, 0.6) is 5.75 Å². The Bertz CT molecular complexity index is 603. The van der Waals surface area contributed by atoms with E-state index in [1.165, 1.54) is 18.6 Å². The molecule has 130 valence electrons. The van der Waals surface area contributed by atoms with Crippen LogP contribution in [0.15, 0.2) is 42.7 Å². The van der Waals surface area contributed by atoms with Crippen molar-refractivity contribution in [2.24, 2.45) is 0 Å². The lowest BCUT2D eigenvalue weighted by molar-refractivity contribution is 0.0345. The molecule has 5 nitrogen and oxygen atoms in total. The highest BCUT2D eigenvalue weighted by atomic mass is 19.1. The number of aliphatic hydroxyl groups is 1. The Balaban J connectivity index is 1.49. The van der Waals surface area contributed by atoms with Crippen molar-refractivity contribution in [3.05, 3.63) is 48.5 Å². The van der Waals surface area contributed by atoms with Crippen molar-refractivity contribution in [1.82, 2.24) is 14.7 Å². The average Bonchev–Trinajstić information content (AvgIpc) is 3.09. The number of hydrogen-bond donors (Lipinski definition) is 1. The van der Waals surface area contributed by atoms with Crippen LogP contribution in [-0.4, -0.2) is 51.6 Å². The predicted octanol–water partition coefficient (Wildman–Crippen LogP) is 2.32. The summed E-state index contributed by atoms with van der Waals surface area (Å²) in [5, 5.41) is 14.6. The van der Waals surface area contributed by atoms with Crippen molar-refractivity contribution in [2.75, 3.05) is 19.7 Å². The molecule has 1 aliphatic heterocycles. The predicted molar refractivity (Wildman–Crippen MR) is 89.3 cm³/mol. The van der Waals surface area contributed by atoms with Gasteiger partial charge in [-0.15, -0.1) is 0 Å². The number of benzene rings is 1. The highest BCUT2D eigenvalue weighted by molar-refractivity contribution is 5.22. The van der Waals surface area contributed by atoms with Crippen molar-refractivity contribution in [3.63, 3.8) is 0 Å². The summed E-state index contributed by atoms with van der Waals surface area (Å²) < 4.78 is 20.4. The SMILES string of the molecule is O[C@H](COc1ccc(F)cc1)CN1CCCC[C@@H]1Cn1cccn1. The van der Waals surface area contributed by atoms with Crippen LogP contribution in [0.3, 0.4) is 0 Å². The number of piperidine rings is 1. The number of rotatable bonds is 7. The number of aliphatic hydroxyl groups excluding tert-OH is 1. The molecule has 24 heavy (non-hydrogen) atoms. The Morgan fingerprint density at radius 2 is 2.12 bits per heavy atom. The van der Waals surface area contributed by atoms with Gasteiger partial charge < -0.3 is 9.84 Å². The van der Waals surface area contributed by atoms with Crippen molar-refractivity contribution in [3.8, 4) is 5.75 Å². The van der Waals surface area contributed by atoms with Crippen LogP contribution in [0.2, 0.25) is 0 Å². The summed E-state index contributed by atoms with van der Waals surface area (Å²) in [6, 6.07) is 8.17. The molecule has 6 heteroatoms. The largest absolute Gasteiger partial charge is 0.491 e. The molecule has 0 spiro atoms. The van der Waals surface area contributed by atoms with E-state index in [2.05, 4.69) is 10.00 Å². The molecule has 0 bridgehead atoms. The Morgan fingerprint density at radius 1 is 1.29 bits per heavy atom. The molecule has 0 radical (unpaired) electrons. The fourth-order valence-corrected chi connectivity index (χ4v) is 3.18. The third kappa shape index (κ3) is 4.79. The Hall–Kier alpha value is -1.92. The van der Waals surface area contributed by atoms with Gasteiger partial charge >= 0.3 is 0 Å². The zero-order valence-corrected chi connectivity index (χ0v) is 13.7. The Labute approximate surface area is 141 Å². The Kier molecular flexibility index (Phi) is 5.82. The zero-order chi connectivity index (χ0) is 16.8. The first kappa shape index (κ1) is 16.9. The molecule has 0 amide bonds. The second-order valence-corrected chi connectivity index (χ2v) is 6.29. The van der Waals surface area contributed by atoms with E-state index >= 15 is 0 Å². The van der Waals surface area contributed by atoms with Crippen LogP contribution in [-0.2, 0) is 6.54 Å². The van der Waals surface area contributed by atoms with Gasteiger partial charge in [0.1, 0.15) is 24.3 Å². The van der Waals surface area contributed by atoms with E-state index in [0.29, 0.717) is 18.3 Å². The number of aromatic nitrogens is 2. The number of nitrogens with zero attached hydrogens (tertiary/aromatic N) is 3. The van der Waals surface area contributed by atoms with Crippen LogP contribution in [0.4, 0.5) is 4.39 Å². The van der Waals surface area contributed by atoms with Crippen LogP contribution >= 0.6 is 0 Å². The maximum atomic E-state index is 12.9. The van der Waals surface area contributed by atoms with Crippen LogP contribution in [0, 0.1) is 5.82 Å². The molecule has 1 fully saturated rings. The van der Waals surface area contributed by atoms with Crippen molar-refractivity contribution in [2.45, 2.75) is 38.0 Å². The fourth-order valence-electron chi connectivity index (χ4n) is 3.18. The molecule has 0 unspecified atom stereocenters. The van der Waals surface area contributed by atoms with Crippen LogP contribution < -0.4 is 4.74 Å². The van der Waals surface area contributed by atoms with Gasteiger partial charge in [-0.25, -0.2) is 4.39 Å². The van der Waals surface area contributed by atoms with E-state index < -0.39 is 6.10 Å². The molecular weight excluding hydrogens is 309 g/mol. The highest BCUT2D eigenvalue weighted by Gasteiger charge is 2.25. The van der Waals surface area contributed by atoms with Gasteiger partial charge in [-0.05, 0) is 49.7 Å². The van der Waals surface area contributed by atoms with Crippen molar-refractivity contribution >= 4 is 0 Å². The second-order valence-electron chi connectivity index (χ2n) is 6.29. The maximum absolute atomic E-state index is 12.9. The quantitative estimate of drug-likeness (QED) is 0.845. The number of ether oxygens (including phenoxy) is 1. The van der Waals surface area contributed by atoms with Crippen LogP contribution in [0.25, 0.3) is 0 Å². The summed E-state index contributed by atoms with van der Waals surface area (Å²) in [4.78, 5) is 2.32. The lowest BCUT2D eigenvalue weighted by atomic mass is 10.0. The van der Waals surface area contributed by atoms with Crippen molar-refractivity contribution in [1.29, 1.82) is 0 Å². The van der Waals surface area contributed by atoms with E-state index in [9.17, 15) is 9.50 Å². The molecular formula is C18H24FN3O2. The van der Waals surface area contributed by atoms with E-state index in [-0.39, 0.29) is 12.4 Å². The fraction of sp³-hybridized carbons (Fsp3) is 0.500. The van der Waals surface area contributed by atoms with Gasteiger partial charge in [0, 0.05) is 25.0 Å². The number of β-amino-alcohol motifs (C(OH)–C–C–N with tert-alkyl or cyclic N) is 1. The highest BCUT2D eigenvalue weighted by Crippen LogP contribution is 2.19. The van der Waals surface area contributed by atoms with Crippen LogP contribution in [0.1, 0.15) is 19.3 Å². The summed E-state index contributed by atoms with van der Waals surface area (Å²) >= 11 is 0. The second kappa shape index (κ2) is 8.26. The van der Waals surface area contributed by atoms with Crippen molar-refractivity contribution < 1.29 is 14.2 Å². The molecule has 1 aromatic carbocycles. The molecule has 2 heterocycles. The third-order valence-electron chi connectivity index (χ3n) is 4.41. The van der Waals surface area contributed by atoms with Gasteiger partial charge in [0.2, 0.25) is 0 Å². The number of hydrogen-bond acceptors (Lipinski definition) is 4. The molecule has 1 N–H and O–H groups in total. The topological polar surface area (TPSA) is 50.5 Å². The maximum Gasteiger partial charge on any atom is 0.123 e. The molecule has 2 atom stereocenters. The Morgan fingerprint density at radius 3 is 2.88 bits per heavy atom. The molecule has 3 rings (SSSR count). The normalized spacial score (nSPS) is 20.0. The smallest absolute Gasteiger partial charge is 0.123 e. The number of halogens is 1. The first-order chi connectivity index (χ1) is 11.7. The van der Waals surface area contributed by atoms with Gasteiger partial charge in [-0.2, -0.15) is 5.10 Å². The molecule has 1 aliphatic rings. The van der Waals surface area contributed by atoms with Gasteiger partial charge in [0.25, 0.3) is 0 Å². The summed E-state index contributed by atoms with van der Waals surface area (Å²) in [5.74, 6) is 0.278. The van der Waals surface area contributed by atoms with Gasteiger partial charge in [0.05, 0.1) is 6.54 Å². The van der Waals surface area contributed by atoms with E-state index in [0.717, 1.165) is 25.9 Å². The molecule has 0 saturated carbocycles. The summed E-state index contributed by atoms with van der Waals surface area (Å²) in [5.41, 5.74) is 0. The minimum Gasteiger partial charge on any atom is -0.491 e. The molecule has 2 aromatic rings. The third-order valence-corrected chi connectivity index (χ3v) is 4.41. The molecule has 1 aromatic heterocycles. The minimum atomic E-state index is -0.576. The van der Waals surface area contributed by atoms with Gasteiger partial charge in [0.15, 0.2) is 0 Å². The standard InChI is InChI=1S/C18H24FN3O2/c19-15-5-7-18(8-6-15)24-14-17(23)13-21-10-2-1-4-16(21)12-22-11-3-9-20-22/h3,5-9,11,16-17,23H,1-2,4,10,12-14H2/t16-,17+/m1/s1. The number of likely N-dealkylation sites (tertiary alicyclic amines) is 1. The first-order valence-corrected chi connectivity index (χ1v) is 8.48. The molecule has 1 saturated heterocycles. The van der Waals surface area contributed by atoms with E-state index in [1.807, 2.05) is 16.9 Å². The van der Waals surface area contributed by atoms with Gasteiger partial charge in [-0.1, -0.05) is 6.42 Å². The zero-order valence-electron chi connectivity index (χ0n) is 13.7. The van der Waals surface area contributed by atoms with E-state index in [4.69, 9.17) is 4.74 Å². The lowest BCUT2D eigenvalue weighted by Gasteiger charge is -2.36. The lowest BCUT2D eigenvalue weighted by Crippen LogP contribution is -2.46. The molecule has 0 aliphatic carbocycles. The van der Waals surface area contributed by atoms with Gasteiger partial charge in [-0.3, -0.25) is 9.58 Å². The summed E-state index contributed by atoms with van der Waals surface area (Å²) in [7, 11) is 0. The first-order valence-electron chi connectivity index (χ1n) is 8.48. The monoisotopic (exact) mass is 333 g/mol. The summed E-state index contributed by atoms with van der Waals surface area (Å²) in [6.07, 6.45) is 6.67. The summed E-state index contributed by atoms with van der Waals surface area (Å²) in [6.45, 7) is 2.61. The minimum absolute atomic E-state index is 0.205. The van der Waals surface area contributed by atoms with E-state index in [1.54, 1.807) is 18.3 Å². The average molecular weight is 333 g/mol.